The first-order valence-corrected chi connectivity index (χ1v) is 14.1. The second kappa shape index (κ2) is 9.45. The number of ether oxygens (including phenoxy) is 1. The number of aryl methyl sites for hydroxylation is 1. The average molecular weight is 643 g/mol. The molecule has 8 heteroatoms. The van der Waals surface area contributed by atoms with Crippen molar-refractivity contribution in [3.05, 3.63) is 122 Å². The molecule has 0 fully saturated rings. The molecule has 0 spiro atoms. The molecule has 1 aliphatic carbocycles. The van der Waals surface area contributed by atoms with E-state index in [1.165, 1.54) is 22.5 Å². The van der Waals surface area contributed by atoms with Gasteiger partial charge in [-0.05, 0) is 97.3 Å². The molecule has 0 bridgehead atoms. The Balaban J connectivity index is 1.60. The van der Waals surface area contributed by atoms with Gasteiger partial charge in [0.15, 0.2) is 4.80 Å². The van der Waals surface area contributed by atoms with Gasteiger partial charge in [-0.15, -0.1) is 0 Å². The zero-order valence-electron chi connectivity index (χ0n) is 19.1. The summed E-state index contributed by atoms with van der Waals surface area (Å²) in [6.45, 7) is 0. The standard InChI is InChI=1S/C28H19Br2ClN2O2S/c1-35-26-21(29)12-15(13-22(26)30)14-23-27(34)33-25(17-6-9-18(31)10-7-17)20-11-8-16-4-2-3-5-19(16)24(20)32-28(33)36-23/h2-7,9-10,12-14,25H,8,11H2,1H3/b23-14+/t25-/m0/s1. The van der Waals surface area contributed by atoms with Gasteiger partial charge in [0.2, 0.25) is 0 Å². The average Bonchev–Trinajstić information content (AvgIpc) is 3.17. The van der Waals surface area contributed by atoms with Crippen molar-refractivity contribution in [1.29, 1.82) is 0 Å². The number of rotatable bonds is 3. The van der Waals surface area contributed by atoms with Gasteiger partial charge >= 0.3 is 0 Å². The summed E-state index contributed by atoms with van der Waals surface area (Å²) in [5.74, 6) is 0.711. The van der Waals surface area contributed by atoms with E-state index in [1.54, 1.807) is 7.11 Å². The van der Waals surface area contributed by atoms with E-state index in [-0.39, 0.29) is 11.6 Å². The van der Waals surface area contributed by atoms with Gasteiger partial charge in [-0.3, -0.25) is 9.36 Å². The number of methoxy groups -OCH3 is 1. The summed E-state index contributed by atoms with van der Waals surface area (Å²) < 4.78 is 9.52. The molecule has 6 rings (SSSR count). The summed E-state index contributed by atoms with van der Waals surface area (Å²) in [5, 5.41) is 0.671. The minimum atomic E-state index is -0.224. The highest BCUT2D eigenvalue weighted by Crippen LogP contribution is 2.41. The van der Waals surface area contributed by atoms with E-state index in [4.69, 9.17) is 21.3 Å². The smallest absolute Gasteiger partial charge is 0.271 e. The molecule has 1 aromatic heterocycles. The lowest BCUT2D eigenvalue weighted by atomic mass is 9.83. The molecule has 0 radical (unpaired) electrons. The van der Waals surface area contributed by atoms with E-state index >= 15 is 0 Å². The largest absolute Gasteiger partial charge is 0.494 e. The normalized spacial score (nSPS) is 16.8. The van der Waals surface area contributed by atoms with Crippen LogP contribution in [0.3, 0.4) is 0 Å². The molecule has 4 aromatic rings. The second-order valence-corrected chi connectivity index (χ2v) is 11.8. The molecule has 1 aliphatic heterocycles. The van der Waals surface area contributed by atoms with E-state index in [0.717, 1.165) is 44.2 Å². The van der Waals surface area contributed by atoms with Gasteiger partial charge < -0.3 is 4.74 Å². The van der Waals surface area contributed by atoms with Crippen LogP contribution in [-0.4, -0.2) is 11.7 Å². The molecular formula is C28H19Br2ClN2O2S. The van der Waals surface area contributed by atoms with Crippen molar-refractivity contribution >= 4 is 66.6 Å². The van der Waals surface area contributed by atoms with Crippen LogP contribution in [0.5, 0.6) is 5.75 Å². The Bertz CT molecular complexity index is 1720. The molecule has 0 unspecified atom stereocenters. The quantitative estimate of drug-likeness (QED) is 0.256. The Morgan fingerprint density at radius 3 is 2.53 bits per heavy atom. The van der Waals surface area contributed by atoms with Crippen LogP contribution in [0.1, 0.15) is 34.7 Å². The first kappa shape index (κ1) is 23.9. The predicted molar refractivity (Wildman–Crippen MR) is 153 cm³/mol. The molecule has 3 aromatic carbocycles. The van der Waals surface area contributed by atoms with E-state index in [1.807, 2.05) is 47.0 Å². The SMILES string of the molecule is COc1c(Br)cc(/C=c2/sc3n(c2=O)[C@@H](c2ccc(Cl)cc2)C2=C(N=3)c3ccccc3CC2)cc1Br. The Hall–Kier alpha value is -2.45. The van der Waals surface area contributed by atoms with Gasteiger partial charge in [0.1, 0.15) is 5.75 Å². The summed E-state index contributed by atoms with van der Waals surface area (Å²) >= 11 is 14.7. The Morgan fingerprint density at radius 2 is 1.81 bits per heavy atom. The highest BCUT2D eigenvalue weighted by atomic mass is 79.9. The highest BCUT2D eigenvalue weighted by Gasteiger charge is 2.32. The van der Waals surface area contributed by atoms with Gasteiger partial charge in [-0.2, -0.15) is 0 Å². The molecule has 2 aliphatic rings. The molecule has 0 amide bonds. The fourth-order valence-electron chi connectivity index (χ4n) is 4.98. The molecule has 4 nitrogen and oxygen atoms in total. The van der Waals surface area contributed by atoms with Crippen molar-refractivity contribution in [2.75, 3.05) is 7.11 Å². The van der Waals surface area contributed by atoms with Gasteiger partial charge in [-0.1, -0.05) is 59.3 Å². The zero-order valence-corrected chi connectivity index (χ0v) is 23.8. The topological polar surface area (TPSA) is 43.6 Å². The summed E-state index contributed by atoms with van der Waals surface area (Å²) in [5.41, 5.74) is 6.47. The Kier molecular flexibility index (Phi) is 6.28. The zero-order chi connectivity index (χ0) is 25.0. The number of thiazole rings is 1. The van der Waals surface area contributed by atoms with Crippen molar-refractivity contribution in [2.45, 2.75) is 18.9 Å². The lowest BCUT2D eigenvalue weighted by molar-refractivity contribution is 0.409. The third-order valence-corrected chi connectivity index (χ3v) is 8.99. The minimum Gasteiger partial charge on any atom is -0.494 e. The molecule has 0 saturated heterocycles. The highest BCUT2D eigenvalue weighted by molar-refractivity contribution is 9.11. The molecular weight excluding hydrogens is 624 g/mol. The Labute approximate surface area is 233 Å². The number of hydrogen-bond acceptors (Lipinski definition) is 4. The van der Waals surface area contributed by atoms with E-state index < -0.39 is 0 Å². The molecule has 2 heterocycles. The van der Waals surface area contributed by atoms with E-state index in [9.17, 15) is 4.79 Å². The number of hydrogen-bond donors (Lipinski definition) is 0. The third-order valence-electron chi connectivity index (χ3n) is 6.58. The number of benzene rings is 3. The van der Waals surface area contributed by atoms with Crippen LogP contribution >= 0.6 is 54.8 Å². The summed E-state index contributed by atoms with van der Waals surface area (Å²) in [6, 6.07) is 19.9. The summed E-state index contributed by atoms with van der Waals surface area (Å²) in [4.78, 5) is 19.6. The fourth-order valence-corrected chi connectivity index (χ4v) is 7.65. The first-order chi connectivity index (χ1) is 17.4. The van der Waals surface area contributed by atoms with E-state index in [0.29, 0.717) is 20.1 Å². The number of nitrogens with zero attached hydrogens (tertiary/aromatic N) is 2. The molecule has 1 atom stereocenters. The van der Waals surface area contributed by atoms with Crippen LogP contribution < -0.4 is 19.6 Å². The lowest BCUT2D eigenvalue weighted by Gasteiger charge is -2.30. The van der Waals surface area contributed by atoms with Gasteiger partial charge in [0.25, 0.3) is 5.56 Å². The lowest BCUT2D eigenvalue weighted by Crippen LogP contribution is -2.38. The maximum absolute atomic E-state index is 13.9. The van der Waals surface area contributed by atoms with Gasteiger partial charge in [-0.25, -0.2) is 4.99 Å². The van der Waals surface area contributed by atoms with Crippen LogP contribution in [0.15, 0.2) is 85.0 Å². The first-order valence-electron chi connectivity index (χ1n) is 11.4. The second-order valence-electron chi connectivity index (χ2n) is 8.68. The number of halogens is 3. The van der Waals surface area contributed by atoms with Crippen molar-refractivity contribution in [1.82, 2.24) is 4.57 Å². The van der Waals surface area contributed by atoms with Crippen molar-refractivity contribution < 1.29 is 4.74 Å². The van der Waals surface area contributed by atoms with Crippen molar-refractivity contribution in [2.24, 2.45) is 4.99 Å². The minimum absolute atomic E-state index is 0.0489. The van der Waals surface area contributed by atoms with Gasteiger partial charge in [0, 0.05) is 10.6 Å². The summed E-state index contributed by atoms with van der Waals surface area (Å²) in [7, 11) is 1.62. The number of fused-ring (bicyclic) bond motifs is 3. The number of allylic oxidation sites excluding steroid dienone is 1. The Morgan fingerprint density at radius 1 is 1.08 bits per heavy atom. The summed E-state index contributed by atoms with van der Waals surface area (Å²) in [6.07, 6.45) is 3.69. The van der Waals surface area contributed by atoms with Crippen molar-refractivity contribution in [3.8, 4) is 5.75 Å². The van der Waals surface area contributed by atoms with E-state index in [2.05, 4.69) is 56.1 Å². The van der Waals surface area contributed by atoms with Crippen LogP contribution in [0.25, 0.3) is 11.8 Å². The van der Waals surface area contributed by atoms with Crippen LogP contribution in [-0.2, 0) is 6.42 Å². The maximum atomic E-state index is 13.9. The molecule has 0 saturated carbocycles. The predicted octanol–water partition coefficient (Wildman–Crippen LogP) is 6.51. The third kappa shape index (κ3) is 4.02. The maximum Gasteiger partial charge on any atom is 0.271 e. The molecule has 0 N–H and O–H groups in total. The van der Waals surface area contributed by atoms with Gasteiger partial charge in [0.05, 0.1) is 32.3 Å². The number of aromatic nitrogens is 1. The fraction of sp³-hybridized carbons (Fsp3) is 0.143. The molecule has 36 heavy (non-hydrogen) atoms. The van der Waals surface area contributed by atoms with Crippen molar-refractivity contribution in [3.63, 3.8) is 0 Å². The van der Waals surface area contributed by atoms with Crippen LogP contribution in [0.4, 0.5) is 0 Å². The van der Waals surface area contributed by atoms with Crippen LogP contribution in [0.2, 0.25) is 5.02 Å². The molecule has 180 valence electrons. The monoisotopic (exact) mass is 640 g/mol. The van der Waals surface area contributed by atoms with Crippen LogP contribution in [0, 0.1) is 0 Å².